The topological polar surface area (TPSA) is 18.8 Å². The molecule has 0 unspecified atom stereocenters. The van der Waals surface area contributed by atoms with E-state index in [0.29, 0.717) is 0 Å². The Hall–Kier alpha value is -2.20. The average Bonchev–Trinajstić information content (AvgIpc) is 2.58. The summed E-state index contributed by atoms with van der Waals surface area (Å²) in [5.41, 5.74) is 3.26. The number of piperazine rings is 1. The summed E-state index contributed by atoms with van der Waals surface area (Å²) in [7, 11) is 0. The summed E-state index contributed by atoms with van der Waals surface area (Å²) >= 11 is 0. The second-order valence-corrected chi connectivity index (χ2v) is 5.91. The van der Waals surface area contributed by atoms with Gasteiger partial charge in [0.05, 0.1) is 5.71 Å². The fraction of sp³-hybridized carbons (Fsp3) is 0.316. The Morgan fingerprint density at radius 3 is 2.26 bits per heavy atom. The van der Waals surface area contributed by atoms with Crippen LogP contribution in [0.4, 0.5) is 4.39 Å². The fourth-order valence-electron chi connectivity index (χ4n) is 2.80. The van der Waals surface area contributed by atoms with Crippen LogP contribution in [0.2, 0.25) is 0 Å². The zero-order valence-corrected chi connectivity index (χ0v) is 13.5. The van der Waals surface area contributed by atoms with Crippen LogP contribution in [0, 0.1) is 5.82 Å². The van der Waals surface area contributed by atoms with Gasteiger partial charge in [-0.1, -0.05) is 42.5 Å². The third kappa shape index (κ3) is 4.39. The molecule has 1 aliphatic heterocycles. The van der Waals surface area contributed by atoms with Gasteiger partial charge in [0.2, 0.25) is 0 Å². The van der Waals surface area contributed by atoms with Crippen LogP contribution in [-0.2, 0) is 6.54 Å². The van der Waals surface area contributed by atoms with Crippen molar-refractivity contribution >= 4 is 5.71 Å². The molecule has 0 spiro atoms. The summed E-state index contributed by atoms with van der Waals surface area (Å²) in [6.45, 7) is 6.83. The van der Waals surface area contributed by atoms with E-state index in [4.69, 9.17) is 0 Å². The molecule has 23 heavy (non-hydrogen) atoms. The number of rotatable bonds is 4. The standard InChI is InChI=1S/C19H22FN3/c1-16(18-7-9-19(20)10-8-18)21-23-13-11-22(12-14-23)15-17-5-3-2-4-6-17/h2-10H,11-15H2,1H3/b21-16-. The van der Waals surface area contributed by atoms with Crippen LogP contribution in [0.3, 0.4) is 0 Å². The predicted molar refractivity (Wildman–Crippen MR) is 91.9 cm³/mol. The summed E-state index contributed by atoms with van der Waals surface area (Å²) in [6.07, 6.45) is 0. The summed E-state index contributed by atoms with van der Waals surface area (Å²) < 4.78 is 13.0. The van der Waals surface area contributed by atoms with Crippen molar-refractivity contribution in [3.8, 4) is 0 Å². The average molecular weight is 311 g/mol. The molecule has 0 radical (unpaired) electrons. The van der Waals surface area contributed by atoms with Crippen molar-refractivity contribution in [3.63, 3.8) is 0 Å². The third-order valence-electron chi connectivity index (χ3n) is 4.15. The maximum Gasteiger partial charge on any atom is 0.123 e. The van der Waals surface area contributed by atoms with Gasteiger partial charge in [0.1, 0.15) is 5.82 Å². The van der Waals surface area contributed by atoms with Crippen LogP contribution in [0.15, 0.2) is 59.7 Å². The largest absolute Gasteiger partial charge is 0.295 e. The van der Waals surface area contributed by atoms with Crippen LogP contribution >= 0.6 is 0 Å². The van der Waals surface area contributed by atoms with Gasteiger partial charge in [0.15, 0.2) is 0 Å². The molecule has 0 atom stereocenters. The van der Waals surface area contributed by atoms with Crippen LogP contribution < -0.4 is 0 Å². The van der Waals surface area contributed by atoms with Gasteiger partial charge >= 0.3 is 0 Å². The van der Waals surface area contributed by atoms with E-state index in [2.05, 4.69) is 39.3 Å². The first-order valence-electron chi connectivity index (χ1n) is 8.03. The lowest BCUT2D eigenvalue weighted by atomic mass is 10.1. The van der Waals surface area contributed by atoms with E-state index in [9.17, 15) is 4.39 Å². The first kappa shape index (κ1) is 15.7. The Morgan fingerprint density at radius 2 is 1.61 bits per heavy atom. The van der Waals surface area contributed by atoms with E-state index in [0.717, 1.165) is 44.0 Å². The molecule has 1 aliphatic rings. The van der Waals surface area contributed by atoms with Crippen molar-refractivity contribution in [1.82, 2.24) is 9.91 Å². The minimum absolute atomic E-state index is 0.212. The Kier molecular flexibility index (Phi) is 5.03. The quantitative estimate of drug-likeness (QED) is 0.806. The normalized spacial score (nSPS) is 16.6. The molecule has 0 bridgehead atoms. The van der Waals surface area contributed by atoms with Crippen LogP contribution in [0.25, 0.3) is 0 Å². The van der Waals surface area contributed by atoms with Crippen molar-refractivity contribution in [2.24, 2.45) is 5.10 Å². The molecule has 0 aromatic heterocycles. The van der Waals surface area contributed by atoms with Gasteiger partial charge in [-0.15, -0.1) is 0 Å². The van der Waals surface area contributed by atoms with Gasteiger partial charge in [-0.3, -0.25) is 9.91 Å². The van der Waals surface area contributed by atoms with E-state index >= 15 is 0 Å². The van der Waals surface area contributed by atoms with Crippen LogP contribution in [0.5, 0.6) is 0 Å². The van der Waals surface area contributed by atoms with E-state index in [1.54, 1.807) is 12.1 Å². The van der Waals surface area contributed by atoms with Gasteiger partial charge in [-0.2, -0.15) is 5.10 Å². The highest BCUT2D eigenvalue weighted by atomic mass is 19.1. The summed E-state index contributed by atoms with van der Waals surface area (Å²) in [5, 5.41) is 6.79. The zero-order chi connectivity index (χ0) is 16.1. The minimum Gasteiger partial charge on any atom is -0.295 e. The number of halogens is 1. The van der Waals surface area contributed by atoms with Crippen LogP contribution in [-0.4, -0.2) is 41.8 Å². The number of hydrogen-bond acceptors (Lipinski definition) is 3. The van der Waals surface area contributed by atoms with Crippen LogP contribution in [0.1, 0.15) is 18.1 Å². The second-order valence-electron chi connectivity index (χ2n) is 5.91. The molecule has 1 fully saturated rings. The highest BCUT2D eigenvalue weighted by Crippen LogP contribution is 2.10. The molecule has 3 nitrogen and oxygen atoms in total. The highest BCUT2D eigenvalue weighted by Gasteiger charge is 2.16. The first-order chi connectivity index (χ1) is 11.2. The zero-order valence-electron chi connectivity index (χ0n) is 13.5. The Morgan fingerprint density at radius 1 is 0.957 bits per heavy atom. The monoisotopic (exact) mass is 311 g/mol. The molecule has 0 amide bonds. The number of benzene rings is 2. The van der Waals surface area contributed by atoms with E-state index in [1.165, 1.54) is 17.7 Å². The smallest absolute Gasteiger partial charge is 0.123 e. The molecule has 2 aromatic carbocycles. The summed E-state index contributed by atoms with van der Waals surface area (Å²) in [6, 6.07) is 17.1. The third-order valence-corrected chi connectivity index (χ3v) is 4.15. The SMILES string of the molecule is C/C(=N/N1CCN(Cc2ccccc2)CC1)c1ccc(F)cc1. The molecule has 4 heteroatoms. The molecule has 0 aliphatic carbocycles. The molecule has 0 saturated carbocycles. The highest BCUT2D eigenvalue weighted by molar-refractivity contribution is 5.98. The maximum atomic E-state index is 13.0. The Bertz CT molecular complexity index is 644. The Balaban J connectivity index is 1.54. The lowest BCUT2D eigenvalue weighted by molar-refractivity contribution is 0.130. The fourth-order valence-corrected chi connectivity index (χ4v) is 2.80. The van der Waals surface area contributed by atoms with Gasteiger partial charge in [-0.05, 0) is 30.2 Å². The molecule has 3 rings (SSSR count). The minimum atomic E-state index is -0.212. The van der Waals surface area contributed by atoms with Crippen molar-refractivity contribution in [3.05, 3.63) is 71.5 Å². The van der Waals surface area contributed by atoms with E-state index in [1.807, 2.05) is 13.0 Å². The Labute approximate surface area is 137 Å². The maximum absolute atomic E-state index is 13.0. The van der Waals surface area contributed by atoms with E-state index in [-0.39, 0.29) is 5.82 Å². The molecule has 120 valence electrons. The molecule has 2 aromatic rings. The molecular weight excluding hydrogens is 289 g/mol. The van der Waals surface area contributed by atoms with Crippen molar-refractivity contribution in [1.29, 1.82) is 0 Å². The molecular formula is C19H22FN3. The first-order valence-corrected chi connectivity index (χ1v) is 8.03. The summed E-state index contributed by atoms with van der Waals surface area (Å²) in [4.78, 5) is 2.45. The molecule has 1 heterocycles. The second kappa shape index (κ2) is 7.38. The predicted octanol–water partition coefficient (Wildman–Crippen LogP) is 3.37. The van der Waals surface area contributed by atoms with Gasteiger partial charge in [0, 0.05) is 32.7 Å². The van der Waals surface area contributed by atoms with E-state index < -0.39 is 0 Å². The van der Waals surface area contributed by atoms with Crippen molar-refractivity contribution < 1.29 is 4.39 Å². The molecule has 1 saturated heterocycles. The molecule has 0 N–H and O–H groups in total. The van der Waals surface area contributed by atoms with Crippen molar-refractivity contribution in [2.75, 3.05) is 26.2 Å². The van der Waals surface area contributed by atoms with Gasteiger partial charge < -0.3 is 0 Å². The number of hydrazone groups is 1. The summed E-state index contributed by atoms with van der Waals surface area (Å²) in [5.74, 6) is -0.212. The number of nitrogens with zero attached hydrogens (tertiary/aromatic N) is 3. The number of hydrogen-bond donors (Lipinski definition) is 0. The lowest BCUT2D eigenvalue weighted by Gasteiger charge is -2.33. The van der Waals surface area contributed by atoms with Crippen molar-refractivity contribution in [2.45, 2.75) is 13.5 Å². The lowest BCUT2D eigenvalue weighted by Crippen LogP contribution is -2.43. The van der Waals surface area contributed by atoms with Gasteiger partial charge in [-0.25, -0.2) is 4.39 Å². The van der Waals surface area contributed by atoms with Gasteiger partial charge in [0.25, 0.3) is 0 Å².